The summed E-state index contributed by atoms with van der Waals surface area (Å²) in [4.78, 5) is 77.3. The molecule has 4 amide bonds. The number of benzene rings is 2. The molecule has 2 aromatic carbocycles. The summed E-state index contributed by atoms with van der Waals surface area (Å²) < 4.78 is 20.6. The molecule has 14 nitrogen and oxygen atoms in total. The first-order chi connectivity index (χ1) is 24.3. The Hall–Kier alpha value is -5.14. The van der Waals surface area contributed by atoms with E-state index in [9.17, 15) is 28.8 Å². The molecule has 3 atom stereocenters. The highest BCUT2D eigenvalue weighted by atomic mass is 16.6. The van der Waals surface area contributed by atoms with Crippen molar-refractivity contribution in [2.45, 2.75) is 103 Å². The van der Waals surface area contributed by atoms with Crippen molar-refractivity contribution in [1.29, 1.82) is 0 Å². The van der Waals surface area contributed by atoms with Crippen LogP contribution in [-0.2, 0) is 51.2 Å². The molecule has 51 heavy (non-hydrogen) atoms. The van der Waals surface area contributed by atoms with Gasteiger partial charge in [0.05, 0.1) is 20.1 Å². The summed E-state index contributed by atoms with van der Waals surface area (Å²) in [5, 5.41) is 10.5. The van der Waals surface area contributed by atoms with E-state index in [0.29, 0.717) is 24.8 Å². The van der Waals surface area contributed by atoms with Gasteiger partial charge in [0.25, 0.3) is 0 Å². The fraction of sp³-hybridized carbons (Fsp3) is 0.514. The molecule has 280 valence electrons. The lowest BCUT2D eigenvalue weighted by atomic mass is 10.0. The summed E-state index contributed by atoms with van der Waals surface area (Å²) in [6.45, 7) is 7.59. The van der Waals surface area contributed by atoms with Crippen molar-refractivity contribution in [3.8, 4) is 0 Å². The van der Waals surface area contributed by atoms with E-state index in [4.69, 9.17) is 18.9 Å². The molecule has 14 heteroatoms. The minimum absolute atomic E-state index is 0.0260. The molecule has 2 rings (SSSR count). The lowest BCUT2D eigenvalue weighted by Crippen LogP contribution is -2.56. The second kappa shape index (κ2) is 22.6. The van der Waals surface area contributed by atoms with Gasteiger partial charge in [-0.05, 0) is 57.6 Å². The predicted molar refractivity (Wildman–Crippen MR) is 188 cm³/mol. The first-order valence-electron chi connectivity index (χ1n) is 17.1. The van der Waals surface area contributed by atoms with Crippen LogP contribution in [0.3, 0.4) is 0 Å². The molecule has 0 aliphatic carbocycles. The van der Waals surface area contributed by atoms with E-state index < -0.39 is 66.1 Å². The molecule has 0 aliphatic heterocycles. The number of methoxy groups -OCH3 is 1. The molecule has 2 aromatic rings. The van der Waals surface area contributed by atoms with E-state index in [1.54, 1.807) is 75.4 Å². The van der Waals surface area contributed by atoms with Crippen molar-refractivity contribution in [3.63, 3.8) is 0 Å². The van der Waals surface area contributed by atoms with Crippen LogP contribution in [0.4, 0.5) is 9.59 Å². The van der Waals surface area contributed by atoms with Crippen LogP contribution in [-0.4, -0.2) is 79.9 Å². The second-order valence-corrected chi connectivity index (χ2v) is 12.8. The van der Waals surface area contributed by atoms with Crippen LogP contribution in [0.2, 0.25) is 0 Å². The number of hydrogen-bond donors (Lipinski definition) is 4. The summed E-state index contributed by atoms with van der Waals surface area (Å²) in [5.74, 6) is -2.99. The van der Waals surface area contributed by atoms with Crippen LogP contribution in [0.1, 0.15) is 77.3 Å². The number of carbonyl (C=O) groups excluding carboxylic acids is 6. The number of rotatable bonds is 20. The Morgan fingerprint density at radius 1 is 0.706 bits per heavy atom. The third kappa shape index (κ3) is 17.9. The number of alkyl carbamates (subject to hydrolysis) is 2. The summed E-state index contributed by atoms with van der Waals surface area (Å²) in [6.07, 6.45) is 0.559. The molecular formula is C37H52N4O10. The van der Waals surface area contributed by atoms with E-state index in [0.717, 1.165) is 19.1 Å². The van der Waals surface area contributed by atoms with Gasteiger partial charge in [-0.15, -0.1) is 0 Å². The Kier molecular flexibility index (Phi) is 18.6. The molecule has 0 radical (unpaired) electrons. The van der Waals surface area contributed by atoms with Crippen molar-refractivity contribution in [2.75, 3.05) is 20.3 Å². The van der Waals surface area contributed by atoms with Crippen LogP contribution < -0.4 is 21.3 Å². The smallest absolute Gasteiger partial charge is 0.408 e. The molecule has 0 bridgehead atoms. The van der Waals surface area contributed by atoms with Gasteiger partial charge in [0, 0.05) is 13.0 Å². The van der Waals surface area contributed by atoms with Crippen molar-refractivity contribution in [3.05, 3.63) is 71.8 Å². The standard InChI is InChI=1S/C37H52N4O10/c1-6-7-22-49-31(42)24-30(34(45)48-5)40-33(44)29(23-26-16-10-8-11-17-26)39-32(43)28(20-14-15-21-38-35(46)51-37(2,3)4)41-36(47)50-25-27-18-12-9-13-19-27/h8-13,16-19,28-30H,6-7,14-15,20-25H2,1-5H3,(H,38,46)(H,39,43)(H,40,44)(H,41,47)/t28-,29-,30-/m0/s1. The van der Waals surface area contributed by atoms with Crippen LogP contribution in [0.5, 0.6) is 0 Å². The van der Waals surface area contributed by atoms with Gasteiger partial charge < -0.3 is 40.2 Å². The zero-order valence-electron chi connectivity index (χ0n) is 30.2. The van der Waals surface area contributed by atoms with Gasteiger partial charge in [0.15, 0.2) is 0 Å². The number of unbranched alkanes of at least 4 members (excludes halogenated alkanes) is 2. The van der Waals surface area contributed by atoms with Crippen LogP contribution in [0.15, 0.2) is 60.7 Å². The van der Waals surface area contributed by atoms with Crippen molar-refractivity contribution in [1.82, 2.24) is 21.3 Å². The molecular weight excluding hydrogens is 660 g/mol. The third-order valence-corrected chi connectivity index (χ3v) is 7.26. The molecule has 0 unspecified atom stereocenters. The fourth-order valence-electron chi connectivity index (χ4n) is 4.65. The molecule has 0 saturated heterocycles. The molecule has 0 spiro atoms. The number of nitrogens with one attached hydrogen (secondary N) is 4. The highest BCUT2D eigenvalue weighted by Crippen LogP contribution is 2.10. The number of carbonyl (C=O) groups is 6. The Balaban J connectivity index is 2.20. The average Bonchev–Trinajstić information content (AvgIpc) is 3.09. The molecule has 0 heterocycles. The van der Waals surface area contributed by atoms with E-state index >= 15 is 0 Å². The summed E-state index contributed by atoms with van der Waals surface area (Å²) in [6, 6.07) is 14.2. The zero-order chi connectivity index (χ0) is 37.6. The summed E-state index contributed by atoms with van der Waals surface area (Å²) in [5.41, 5.74) is 0.789. The number of hydrogen-bond acceptors (Lipinski definition) is 10. The first-order valence-corrected chi connectivity index (χ1v) is 17.1. The maximum Gasteiger partial charge on any atom is 0.408 e. The molecule has 0 aromatic heterocycles. The van der Waals surface area contributed by atoms with Gasteiger partial charge in [-0.25, -0.2) is 14.4 Å². The van der Waals surface area contributed by atoms with Crippen molar-refractivity contribution in [2.24, 2.45) is 0 Å². The normalized spacial score (nSPS) is 12.6. The van der Waals surface area contributed by atoms with Gasteiger partial charge in [-0.3, -0.25) is 14.4 Å². The van der Waals surface area contributed by atoms with Crippen molar-refractivity contribution >= 4 is 35.9 Å². The van der Waals surface area contributed by atoms with Crippen molar-refractivity contribution < 1.29 is 47.7 Å². The topological polar surface area (TPSA) is 187 Å². The number of amides is 4. The lowest BCUT2D eigenvalue weighted by Gasteiger charge is -2.25. The Bertz CT molecular complexity index is 1400. The summed E-state index contributed by atoms with van der Waals surface area (Å²) >= 11 is 0. The van der Waals surface area contributed by atoms with Crippen LogP contribution in [0, 0.1) is 0 Å². The molecule has 0 aliphatic rings. The van der Waals surface area contributed by atoms with Crippen LogP contribution >= 0.6 is 0 Å². The zero-order valence-corrected chi connectivity index (χ0v) is 30.2. The quantitative estimate of drug-likeness (QED) is 0.0885. The minimum atomic E-state index is -1.37. The maximum atomic E-state index is 13.8. The number of esters is 2. The lowest BCUT2D eigenvalue weighted by molar-refractivity contribution is -0.152. The Morgan fingerprint density at radius 2 is 1.31 bits per heavy atom. The van der Waals surface area contributed by atoms with Gasteiger partial charge in [0.2, 0.25) is 11.8 Å². The summed E-state index contributed by atoms with van der Waals surface area (Å²) in [7, 11) is 1.13. The third-order valence-electron chi connectivity index (χ3n) is 7.26. The Labute approximate surface area is 299 Å². The van der Waals surface area contributed by atoms with Gasteiger partial charge in [0.1, 0.15) is 30.3 Å². The molecule has 4 N–H and O–H groups in total. The maximum absolute atomic E-state index is 13.8. The average molecular weight is 713 g/mol. The van der Waals surface area contributed by atoms with Crippen LogP contribution in [0.25, 0.3) is 0 Å². The van der Waals surface area contributed by atoms with Gasteiger partial charge in [-0.2, -0.15) is 0 Å². The molecule has 0 fully saturated rings. The predicted octanol–water partition coefficient (Wildman–Crippen LogP) is 4.10. The monoisotopic (exact) mass is 712 g/mol. The van der Waals surface area contributed by atoms with Gasteiger partial charge in [-0.1, -0.05) is 74.0 Å². The number of ether oxygens (including phenoxy) is 4. The fourth-order valence-corrected chi connectivity index (χ4v) is 4.65. The van der Waals surface area contributed by atoms with Gasteiger partial charge >= 0.3 is 24.1 Å². The Morgan fingerprint density at radius 3 is 1.92 bits per heavy atom. The minimum Gasteiger partial charge on any atom is -0.467 e. The van der Waals surface area contributed by atoms with E-state index in [1.165, 1.54) is 0 Å². The van der Waals surface area contributed by atoms with E-state index in [2.05, 4.69) is 21.3 Å². The van der Waals surface area contributed by atoms with E-state index in [1.807, 2.05) is 13.0 Å². The first kappa shape index (κ1) is 42.0. The van der Waals surface area contributed by atoms with E-state index in [-0.39, 0.29) is 32.6 Å². The SMILES string of the molecule is CCCCOC(=O)C[C@H](NC(=O)[C@H](Cc1ccccc1)NC(=O)[C@H](CCCCNC(=O)OC(C)(C)C)NC(=O)OCc1ccccc1)C(=O)OC. The molecule has 0 saturated carbocycles. The highest BCUT2D eigenvalue weighted by molar-refractivity contribution is 5.94. The largest absolute Gasteiger partial charge is 0.467 e. The highest BCUT2D eigenvalue weighted by Gasteiger charge is 2.32. The second-order valence-electron chi connectivity index (χ2n) is 12.8.